The van der Waals surface area contributed by atoms with Gasteiger partial charge in [0.15, 0.2) is 5.16 Å². The van der Waals surface area contributed by atoms with Crippen LogP contribution >= 0.6 is 11.8 Å². The summed E-state index contributed by atoms with van der Waals surface area (Å²) >= 11 is 1.48. The molecule has 0 aliphatic carbocycles. The van der Waals surface area contributed by atoms with Gasteiger partial charge in [-0.2, -0.15) is 0 Å². The van der Waals surface area contributed by atoms with Gasteiger partial charge in [-0.3, -0.25) is 9.36 Å². The minimum absolute atomic E-state index is 0.181. The predicted molar refractivity (Wildman–Crippen MR) is 105 cm³/mol. The van der Waals surface area contributed by atoms with E-state index in [-0.39, 0.29) is 11.2 Å². The summed E-state index contributed by atoms with van der Waals surface area (Å²) in [5.41, 5.74) is 3.45. The van der Waals surface area contributed by atoms with Crippen LogP contribution in [0.25, 0.3) is 5.69 Å². The van der Waals surface area contributed by atoms with Crippen LogP contribution in [0.1, 0.15) is 25.0 Å². The molecule has 0 spiro atoms. The molecule has 3 rings (SSSR count). The Labute approximate surface area is 159 Å². The fourth-order valence-corrected chi connectivity index (χ4v) is 4.22. The van der Waals surface area contributed by atoms with Gasteiger partial charge in [0.1, 0.15) is 6.33 Å². The van der Waals surface area contributed by atoms with Gasteiger partial charge in [-0.05, 0) is 38.9 Å². The van der Waals surface area contributed by atoms with Gasteiger partial charge in [0.2, 0.25) is 5.91 Å². The minimum Gasteiger partial charge on any atom is -0.339 e. The first-order valence-corrected chi connectivity index (χ1v) is 10.0. The van der Waals surface area contributed by atoms with Crippen molar-refractivity contribution in [3.63, 3.8) is 0 Å². The lowest BCUT2D eigenvalue weighted by Gasteiger charge is -2.35. The number of benzene rings is 1. The molecule has 1 amide bonds. The van der Waals surface area contributed by atoms with Crippen molar-refractivity contribution < 1.29 is 4.79 Å². The van der Waals surface area contributed by atoms with Crippen molar-refractivity contribution in [1.82, 2.24) is 24.6 Å². The van der Waals surface area contributed by atoms with Crippen LogP contribution < -0.4 is 0 Å². The van der Waals surface area contributed by atoms with E-state index in [1.54, 1.807) is 6.33 Å². The summed E-state index contributed by atoms with van der Waals surface area (Å²) in [5.74, 6) is 0.181. The van der Waals surface area contributed by atoms with E-state index in [1.807, 2.05) is 16.4 Å². The molecular weight excluding hydrogens is 346 g/mol. The molecule has 2 heterocycles. The third-order valence-electron chi connectivity index (χ3n) is 4.89. The average molecular weight is 374 g/mol. The molecule has 0 radical (unpaired) electrons. The second-order valence-corrected chi connectivity index (χ2v) is 8.10. The monoisotopic (exact) mass is 373 g/mol. The number of aryl methyl sites for hydroxylation is 2. The van der Waals surface area contributed by atoms with Gasteiger partial charge in [0.25, 0.3) is 0 Å². The third kappa shape index (κ3) is 4.10. The first-order chi connectivity index (χ1) is 12.5. The molecule has 0 saturated carbocycles. The zero-order chi connectivity index (χ0) is 18.7. The molecule has 26 heavy (non-hydrogen) atoms. The van der Waals surface area contributed by atoms with Crippen LogP contribution in [0.4, 0.5) is 0 Å². The fraction of sp³-hybridized carbons (Fsp3) is 0.526. The highest BCUT2D eigenvalue weighted by molar-refractivity contribution is 8.00. The molecule has 1 atom stereocenters. The van der Waals surface area contributed by atoms with Gasteiger partial charge >= 0.3 is 0 Å². The topological polar surface area (TPSA) is 54.3 Å². The lowest BCUT2D eigenvalue weighted by atomic mass is 10.1. The molecule has 2 aromatic rings. The van der Waals surface area contributed by atoms with Crippen LogP contribution in [0.5, 0.6) is 0 Å². The molecule has 1 aromatic carbocycles. The lowest BCUT2D eigenvalue weighted by molar-refractivity contribution is -0.132. The Bertz CT molecular complexity index is 767. The Morgan fingerprint density at radius 3 is 2.62 bits per heavy atom. The molecule has 1 aromatic heterocycles. The second-order valence-electron chi connectivity index (χ2n) is 6.79. The van der Waals surface area contributed by atoms with Crippen LogP contribution in [-0.4, -0.2) is 68.4 Å². The largest absolute Gasteiger partial charge is 0.339 e. The number of piperazine rings is 1. The van der Waals surface area contributed by atoms with Crippen LogP contribution in [0, 0.1) is 13.8 Å². The number of aromatic nitrogens is 3. The number of likely N-dealkylation sites (N-methyl/N-ethyl adjacent to an activating group) is 1. The number of thioether (sulfide) groups is 1. The van der Waals surface area contributed by atoms with E-state index in [9.17, 15) is 4.79 Å². The Morgan fingerprint density at radius 1 is 1.23 bits per heavy atom. The van der Waals surface area contributed by atoms with Crippen LogP contribution in [0.3, 0.4) is 0 Å². The maximum atomic E-state index is 12.8. The summed E-state index contributed by atoms with van der Waals surface area (Å²) in [6, 6.07) is 6.30. The van der Waals surface area contributed by atoms with E-state index in [2.05, 4.69) is 54.1 Å². The van der Waals surface area contributed by atoms with Crippen molar-refractivity contribution >= 4 is 17.7 Å². The predicted octanol–water partition coefficient (Wildman–Crippen LogP) is 2.53. The highest BCUT2D eigenvalue weighted by Crippen LogP contribution is 2.27. The van der Waals surface area contributed by atoms with E-state index in [0.29, 0.717) is 0 Å². The Morgan fingerprint density at radius 2 is 1.96 bits per heavy atom. The molecule has 0 bridgehead atoms. The highest BCUT2D eigenvalue weighted by Gasteiger charge is 2.26. The first-order valence-electron chi connectivity index (χ1n) is 9.15. The molecule has 1 unspecified atom stereocenters. The van der Waals surface area contributed by atoms with E-state index in [0.717, 1.165) is 43.6 Å². The summed E-state index contributed by atoms with van der Waals surface area (Å²) in [6.07, 6.45) is 1.72. The molecule has 140 valence electrons. The van der Waals surface area contributed by atoms with Crippen LogP contribution in [0.15, 0.2) is 29.7 Å². The maximum absolute atomic E-state index is 12.8. The molecule has 6 nitrogen and oxygen atoms in total. The van der Waals surface area contributed by atoms with Gasteiger partial charge in [0.05, 0.1) is 10.9 Å². The number of carbonyl (C=O) groups excluding carboxylic acids is 1. The summed E-state index contributed by atoms with van der Waals surface area (Å²) in [6.45, 7) is 12.9. The van der Waals surface area contributed by atoms with Crippen molar-refractivity contribution in [3.05, 3.63) is 35.7 Å². The van der Waals surface area contributed by atoms with Crippen molar-refractivity contribution in [2.45, 2.75) is 38.1 Å². The van der Waals surface area contributed by atoms with Crippen molar-refractivity contribution in [1.29, 1.82) is 0 Å². The average Bonchev–Trinajstić information content (AvgIpc) is 3.09. The summed E-state index contributed by atoms with van der Waals surface area (Å²) < 4.78 is 1.97. The van der Waals surface area contributed by atoms with Crippen molar-refractivity contribution in [2.24, 2.45) is 0 Å². The quantitative estimate of drug-likeness (QED) is 0.754. The lowest BCUT2D eigenvalue weighted by Crippen LogP contribution is -2.50. The molecule has 1 aliphatic rings. The second kappa shape index (κ2) is 8.22. The zero-order valence-corrected chi connectivity index (χ0v) is 16.8. The smallest absolute Gasteiger partial charge is 0.235 e. The van der Waals surface area contributed by atoms with Crippen LogP contribution in [-0.2, 0) is 4.79 Å². The number of carbonyl (C=O) groups is 1. The summed E-state index contributed by atoms with van der Waals surface area (Å²) in [7, 11) is 0. The van der Waals surface area contributed by atoms with Crippen molar-refractivity contribution in [3.8, 4) is 5.69 Å². The maximum Gasteiger partial charge on any atom is 0.235 e. The Hall–Kier alpha value is -1.86. The van der Waals surface area contributed by atoms with Gasteiger partial charge in [-0.15, -0.1) is 10.2 Å². The van der Waals surface area contributed by atoms with E-state index >= 15 is 0 Å². The fourth-order valence-electron chi connectivity index (χ4n) is 3.30. The summed E-state index contributed by atoms with van der Waals surface area (Å²) in [4.78, 5) is 17.2. The number of rotatable bonds is 5. The highest BCUT2D eigenvalue weighted by atomic mass is 32.2. The minimum atomic E-state index is -0.183. The number of amides is 1. The first kappa shape index (κ1) is 18.9. The SMILES string of the molecule is CCN1CCN(C(=O)C(C)Sc2nncn2-c2ccc(C)cc2C)CC1. The molecule has 1 aliphatic heterocycles. The molecule has 0 N–H and O–H groups in total. The Kier molecular flexibility index (Phi) is 5.98. The molecule has 1 fully saturated rings. The van der Waals surface area contributed by atoms with Gasteiger partial charge < -0.3 is 9.80 Å². The Balaban J connectivity index is 1.70. The van der Waals surface area contributed by atoms with Gasteiger partial charge in [0, 0.05) is 26.2 Å². The van der Waals surface area contributed by atoms with E-state index in [4.69, 9.17) is 0 Å². The van der Waals surface area contributed by atoms with Gasteiger partial charge in [-0.1, -0.05) is 36.4 Å². The van der Waals surface area contributed by atoms with Crippen molar-refractivity contribution in [2.75, 3.05) is 32.7 Å². The molecule has 7 heteroatoms. The molecule has 1 saturated heterocycles. The molecular formula is C19H27N5OS. The normalized spacial score (nSPS) is 16.7. The number of hydrogen-bond donors (Lipinski definition) is 0. The zero-order valence-electron chi connectivity index (χ0n) is 16.0. The number of hydrogen-bond acceptors (Lipinski definition) is 5. The standard InChI is InChI=1S/C19H27N5OS/c1-5-22-8-10-23(11-9-22)18(25)16(4)26-19-21-20-13-24(19)17-7-6-14(2)12-15(17)3/h6-7,12-13,16H,5,8-11H2,1-4H3. The third-order valence-corrected chi connectivity index (χ3v) is 5.93. The van der Waals surface area contributed by atoms with Crippen LogP contribution in [0.2, 0.25) is 0 Å². The van der Waals surface area contributed by atoms with E-state index in [1.165, 1.54) is 22.9 Å². The van der Waals surface area contributed by atoms with E-state index < -0.39 is 0 Å². The van der Waals surface area contributed by atoms with Gasteiger partial charge in [-0.25, -0.2) is 0 Å². The summed E-state index contributed by atoms with van der Waals surface area (Å²) in [5, 5.41) is 8.89. The number of nitrogens with zero attached hydrogens (tertiary/aromatic N) is 5.